The van der Waals surface area contributed by atoms with E-state index in [1.807, 2.05) is 6.92 Å². The lowest BCUT2D eigenvalue weighted by molar-refractivity contribution is 0.0500. The van der Waals surface area contributed by atoms with Gasteiger partial charge in [-0.1, -0.05) is 13.3 Å². The zero-order chi connectivity index (χ0) is 15.1. The fourth-order valence-corrected chi connectivity index (χ4v) is 1.59. The molecule has 1 heterocycles. The summed E-state index contributed by atoms with van der Waals surface area (Å²) in [6.07, 6.45) is 2.92. The molecule has 2 rings (SSSR count). The van der Waals surface area contributed by atoms with E-state index in [0.29, 0.717) is 17.9 Å². The Morgan fingerprint density at radius 2 is 2.10 bits per heavy atom. The van der Waals surface area contributed by atoms with Crippen LogP contribution in [0.3, 0.4) is 0 Å². The number of hydrogen-bond donors (Lipinski definition) is 2. The summed E-state index contributed by atoms with van der Waals surface area (Å²) in [7, 11) is 0. The van der Waals surface area contributed by atoms with Gasteiger partial charge in [0.15, 0.2) is 0 Å². The Balaban J connectivity index is 1.98. The first kappa shape index (κ1) is 14.7. The molecule has 0 aliphatic rings. The molecule has 0 amide bonds. The predicted octanol–water partition coefficient (Wildman–Crippen LogP) is 1.87. The van der Waals surface area contributed by atoms with Gasteiger partial charge in [-0.15, -0.1) is 10.2 Å². The van der Waals surface area contributed by atoms with Crippen molar-refractivity contribution in [2.24, 2.45) is 0 Å². The van der Waals surface area contributed by atoms with Gasteiger partial charge in [0.1, 0.15) is 6.20 Å². The molecule has 0 atom stereocenters. The van der Waals surface area contributed by atoms with E-state index in [-0.39, 0.29) is 17.5 Å². The van der Waals surface area contributed by atoms with E-state index >= 15 is 0 Å². The van der Waals surface area contributed by atoms with Crippen LogP contribution in [0.4, 0.5) is 11.6 Å². The molecule has 7 heteroatoms. The summed E-state index contributed by atoms with van der Waals surface area (Å²) in [5.41, 5.74) is 0.809. The van der Waals surface area contributed by atoms with Crippen LogP contribution in [0.1, 0.15) is 30.1 Å². The number of H-pyrrole nitrogens is 1. The van der Waals surface area contributed by atoms with E-state index in [2.05, 4.69) is 20.5 Å². The van der Waals surface area contributed by atoms with Crippen molar-refractivity contribution in [2.45, 2.75) is 19.8 Å². The lowest BCUT2D eigenvalue weighted by atomic mass is 10.2. The van der Waals surface area contributed by atoms with Crippen LogP contribution in [-0.4, -0.2) is 27.8 Å². The number of unbranched alkanes of at least 4 members (excludes halogenated alkanes) is 1. The van der Waals surface area contributed by atoms with Crippen molar-refractivity contribution >= 4 is 17.6 Å². The summed E-state index contributed by atoms with van der Waals surface area (Å²) in [4.78, 5) is 25.3. The SMILES string of the molecule is CCCCOC(=O)c1ccc(Nc2nncc(=O)[nH]2)cc1. The topological polar surface area (TPSA) is 97.0 Å². The number of carbonyl (C=O) groups is 1. The lowest BCUT2D eigenvalue weighted by Crippen LogP contribution is -2.10. The number of anilines is 2. The molecule has 0 fully saturated rings. The number of aromatic amines is 1. The molecule has 2 N–H and O–H groups in total. The number of nitrogens with one attached hydrogen (secondary N) is 2. The van der Waals surface area contributed by atoms with Gasteiger partial charge in [-0.2, -0.15) is 0 Å². The highest BCUT2D eigenvalue weighted by Crippen LogP contribution is 2.13. The van der Waals surface area contributed by atoms with Crippen molar-refractivity contribution in [3.05, 3.63) is 46.4 Å². The molecule has 0 saturated heterocycles. The van der Waals surface area contributed by atoms with Gasteiger partial charge in [0, 0.05) is 5.69 Å². The first-order valence-corrected chi connectivity index (χ1v) is 6.65. The van der Waals surface area contributed by atoms with Crippen LogP contribution < -0.4 is 10.9 Å². The molecule has 0 bridgehead atoms. The van der Waals surface area contributed by atoms with Crippen molar-refractivity contribution in [3.8, 4) is 0 Å². The fraction of sp³-hybridized carbons (Fsp3) is 0.286. The number of hydrogen-bond acceptors (Lipinski definition) is 6. The summed E-state index contributed by atoms with van der Waals surface area (Å²) in [5, 5.41) is 10.2. The average Bonchev–Trinajstić information content (AvgIpc) is 2.48. The number of aromatic nitrogens is 3. The first-order valence-electron chi connectivity index (χ1n) is 6.65. The Morgan fingerprint density at radius 1 is 1.33 bits per heavy atom. The molecule has 1 aromatic carbocycles. The zero-order valence-electron chi connectivity index (χ0n) is 11.6. The van der Waals surface area contributed by atoms with E-state index in [0.717, 1.165) is 19.0 Å². The van der Waals surface area contributed by atoms with E-state index in [1.54, 1.807) is 24.3 Å². The molecule has 1 aromatic heterocycles. The van der Waals surface area contributed by atoms with Gasteiger partial charge in [-0.3, -0.25) is 9.78 Å². The number of esters is 1. The van der Waals surface area contributed by atoms with Gasteiger partial charge in [0.2, 0.25) is 5.95 Å². The van der Waals surface area contributed by atoms with Gasteiger partial charge < -0.3 is 10.1 Å². The molecule has 0 aliphatic heterocycles. The minimum Gasteiger partial charge on any atom is -0.462 e. The first-order chi connectivity index (χ1) is 10.2. The summed E-state index contributed by atoms with van der Waals surface area (Å²) in [6.45, 7) is 2.46. The maximum Gasteiger partial charge on any atom is 0.338 e. The van der Waals surface area contributed by atoms with Gasteiger partial charge in [-0.05, 0) is 30.7 Å². The highest BCUT2D eigenvalue weighted by Gasteiger charge is 2.06. The Hall–Kier alpha value is -2.70. The average molecular weight is 288 g/mol. The third kappa shape index (κ3) is 4.41. The van der Waals surface area contributed by atoms with Gasteiger partial charge in [-0.25, -0.2) is 4.79 Å². The largest absolute Gasteiger partial charge is 0.462 e. The van der Waals surface area contributed by atoms with Crippen LogP contribution >= 0.6 is 0 Å². The summed E-state index contributed by atoms with van der Waals surface area (Å²) in [5.74, 6) is -0.108. The second kappa shape index (κ2) is 7.18. The number of nitrogens with zero attached hydrogens (tertiary/aromatic N) is 2. The fourth-order valence-electron chi connectivity index (χ4n) is 1.59. The normalized spacial score (nSPS) is 10.1. The molecule has 21 heavy (non-hydrogen) atoms. The van der Waals surface area contributed by atoms with Gasteiger partial charge >= 0.3 is 5.97 Å². The van der Waals surface area contributed by atoms with Crippen LogP contribution in [0.15, 0.2) is 35.3 Å². The van der Waals surface area contributed by atoms with E-state index in [4.69, 9.17) is 4.74 Å². The van der Waals surface area contributed by atoms with Gasteiger partial charge in [0.25, 0.3) is 5.56 Å². The quantitative estimate of drug-likeness (QED) is 0.622. The van der Waals surface area contributed by atoms with Crippen molar-refractivity contribution in [3.63, 3.8) is 0 Å². The molecular formula is C14H16N4O3. The number of benzene rings is 1. The van der Waals surface area contributed by atoms with Crippen molar-refractivity contribution < 1.29 is 9.53 Å². The second-order valence-corrected chi connectivity index (χ2v) is 4.37. The van der Waals surface area contributed by atoms with Gasteiger partial charge in [0.05, 0.1) is 12.2 Å². The Bertz CT molecular complexity index is 652. The van der Waals surface area contributed by atoms with Crippen molar-refractivity contribution in [1.82, 2.24) is 15.2 Å². The van der Waals surface area contributed by atoms with E-state index in [1.165, 1.54) is 0 Å². The highest BCUT2D eigenvalue weighted by atomic mass is 16.5. The van der Waals surface area contributed by atoms with Crippen LogP contribution in [-0.2, 0) is 4.74 Å². The third-order valence-corrected chi connectivity index (χ3v) is 2.69. The minimum atomic E-state index is -0.345. The molecular weight excluding hydrogens is 272 g/mol. The number of carbonyl (C=O) groups excluding carboxylic acids is 1. The van der Waals surface area contributed by atoms with Crippen LogP contribution in [0.5, 0.6) is 0 Å². The van der Waals surface area contributed by atoms with Crippen LogP contribution in [0, 0.1) is 0 Å². The van der Waals surface area contributed by atoms with E-state index < -0.39 is 0 Å². The Labute approximate surface area is 121 Å². The summed E-state index contributed by atoms with van der Waals surface area (Å²) >= 11 is 0. The summed E-state index contributed by atoms with van der Waals surface area (Å²) < 4.78 is 5.11. The lowest BCUT2D eigenvalue weighted by Gasteiger charge is -2.06. The summed E-state index contributed by atoms with van der Waals surface area (Å²) in [6, 6.07) is 6.68. The van der Waals surface area contributed by atoms with Crippen molar-refractivity contribution in [2.75, 3.05) is 11.9 Å². The van der Waals surface area contributed by atoms with Crippen molar-refractivity contribution in [1.29, 1.82) is 0 Å². The monoisotopic (exact) mass is 288 g/mol. The highest BCUT2D eigenvalue weighted by molar-refractivity contribution is 5.89. The molecule has 0 aliphatic carbocycles. The Morgan fingerprint density at radius 3 is 2.76 bits per heavy atom. The maximum atomic E-state index is 11.7. The molecule has 0 unspecified atom stereocenters. The molecule has 0 radical (unpaired) electrons. The Kier molecular flexibility index (Phi) is 5.03. The zero-order valence-corrected chi connectivity index (χ0v) is 11.6. The van der Waals surface area contributed by atoms with E-state index in [9.17, 15) is 9.59 Å². The number of rotatable bonds is 6. The molecule has 7 nitrogen and oxygen atoms in total. The van der Waals surface area contributed by atoms with Crippen LogP contribution in [0.25, 0.3) is 0 Å². The molecule has 0 saturated carbocycles. The second-order valence-electron chi connectivity index (χ2n) is 4.37. The molecule has 110 valence electrons. The standard InChI is InChI=1S/C14H16N4O3/c1-2-3-8-21-13(20)10-4-6-11(7-5-10)16-14-17-12(19)9-15-18-14/h4-7,9H,2-3,8H2,1H3,(H2,16,17,18,19). The smallest absolute Gasteiger partial charge is 0.338 e. The minimum absolute atomic E-state index is 0.237. The number of ether oxygens (including phenoxy) is 1. The molecule has 2 aromatic rings. The maximum absolute atomic E-state index is 11.7. The predicted molar refractivity (Wildman–Crippen MR) is 77.6 cm³/mol. The molecule has 0 spiro atoms. The van der Waals surface area contributed by atoms with Crippen LogP contribution in [0.2, 0.25) is 0 Å². The third-order valence-electron chi connectivity index (χ3n) is 2.69.